The summed E-state index contributed by atoms with van der Waals surface area (Å²) in [5.74, 6) is -5.21. The van der Waals surface area contributed by atoms with Gasteiger partial charge in [0.05, 0.1) is 13.1 Å². The summed E-state index contributed by atoms with van der Waals surface area (Å²) in [6.45, 7) is -0.486. The van der Waals surface area contributed by atoms with Gasteiger partial charge in [0.25, 0.3) is 0 Å². The number of nitrogens with zero attached hydrogens (tertiary/aromatic N) is 1. The van der Waals surface area contributed by atoms with Gasteiger partial charge in [0, 0.05) is 6.42 Å². The zero-order valence-corrected chi connectivity index (χ0v) is 11.4. The lowest BCUT2D eigenvalue weighted by Gasteiger charge is -2.26. The number of halogens is 2. The molecule has 1 aromatic rings. The molecule has 1 heterocycles. The molecule has 0 amide bonds. The highest BCUT2D eigenvalue weighted by molar-refractivity contribution is 6.52. The van der Waals surface area contributed by atoms with Gasteiger partial charge in [0.1, 0.15) is 0 Å². The summed E-state index contributed by atoms with van der Waals surface area (Å²) >= 11 is 0. The number of likely N-dealkylation sites (N-methyl/N-ethyl adjacent to an activating group) is 1. The summed E-state index contributed by atoms with van der Waals surface area (Å²) in [4.78, 5) is 24.3. The first-order valence-corrected chi connectivity index (χ1v) is 6.36. The highest BCUT2D eigenvalue weighted by Crippen LogP contribution is 2.25. The second kappa shape index (κ2) is 6.21. The van der Waals surface area contributed by atoms with Crippen LogP contribution < -0.4 is 0 Å². The molecule has 1 aliphatic heterocycles. The van der Waals surface area contributed by atoms with E-state index in [9.17, 15) is 18.4 Å². The van der Waals surface area contributed by atoms with E-state index < -0.39 is 31.3 Å². The minimum Gasteiger partial charge on any atom is -0.494 e. The van der Waals surface area contributed by atoms with Gasteiger partial charge in [-0.05, 0) is 12.6 Å². The van der Waals surface area contributed by atoms with Gasteiger partial charge in [-0.1, -0.05) is 30.3 Å². The maximum atomic E-state index is 14.2. The Bertz CT molecular complexity index is 506. The van der Waals surface area contributed by atoms with E-state index in [0.29, 0.717) is 5.56 Å². The standard InChI is InChI=1S/C13H14BF2NO4/c1-17-8-11(18)20-14(21-12(19)9-17)13(15,16)7-10-5-3-2-4-6-10/h2-6H,7-9H2,1H3. The fourth-order valence-electron chi connectivity index (χ4n) is 1.96. The average Bonchev–Trinajstić information content (AvgIpc) is 2.36. The molecule has 1 aliphatic rings. The van der Waals surface area contributed by atoms with Gasteiger partial charge in [0.2, 0.25) is 0 Å². The SMILES string of the molecule is CN1CC(=O)OB(C(F)(F)Cc2ccccc2)OC(=O)C1. The molecule has 0 N–H and O–H groups in total. The van der Waals surface area contributed by atoms with E-state index in [0.717, 1.165) is 0 Å². The molecule has 0 aromatic heterocycles. The molecule has 1 aromatic carbocycles. The van der Waals surface area contributed by atoms with E-state index in [2.05, 4.69) is 9.31 Å². The van der Waals surface area contributed by atoms with Gasteiger partial charge in [-0.2, -0.15) is 0 Å². The smallest absolute Gasteiger partial charge is 0.494 e. The van der Waals surface area contributed by atoms with E-state index in [-0.39, 0.29) is 13.1 Å². The van der Waals surface area contributed by atoms with E-state index in [1.165, 1.54) is 24.1 Å². The molecular formula is C13H14BF2NO4. The van der Waals surface area contributed by atoms with Crippen molar-refractivity contribution in [3.8, 4) is 0 Å². The first-order chi connectivity index (χ1) is 9.87. The van der Waals surface area contributed by atoms with E-state index >= 15 is 0 Å². The number of alkyl halides is 2. The van der Waals surface area contributed by atoms with Crippen LogP contribution in [0.4, 0.5) is 8.78 Å². The molecule has 0 saturated carbocycles. The van der Waals surface area contributed by atoms with E-state index in [1.54, 1.807) is 18.2 Å². The molecule has 21 heavy (non-hydrogen) atoms. The average molecular weight is 297 g/mol. The Hall–Kier alpha value is -1.96. The normalized spacial score (nSPS) is 17.8. The zero-order valence-electron chi connectivity index (χ0n) is 11.4. The minimum absolute atomic E-state index is 0.243. The topological polar surface area (TPSA) is 55.8 Å². The summed E-state index contributed by atoms with van der Waals surface area (Å²) < 4.78 is 37.6. The van der Waals surface area contributed by atoms with Crippen LogP contribution in [0, 0.1) is 0 Å². The Kier molecular flexibility index (Phi) is 4.57. The minimum atomic E-state index is -3.50. The Labute approximate surface area is 121 Å². The number of benzene rings is 1. The Morgan fingerprint density at radius 1 is 1.14 bits per heavy atom. The van der Waals surface area contributed by atoms with Crippen molar-refractivity contribution < 1.29 is 27.7 Å². The number of hydrogen-bond acceptors (Lipinski definition) is 5. The van der Waals surface area contributed by atoms with Crippen molar-refractivity contribution in [2.75, 3.05) is 20.1 Å². The van der Waals surface area contributed by atoms with Crippen LogP contribution in [0.2, 0.25) is 0 Å². The van der Waals surface area contributed by atoms with Crippen LogP contribution in [0.5, 0.6) is 0 Å². The maximum absolute atomic E-state index is 14.2. The number of hydrogen-bond donors (Lipinski definition) is 0. The van der Waals surface area contributed by atoms with E-state index in [4.69, 9.17) is 0 Å². The van der Waals surface area contributed by atoms with Crippen LogP contribution >= 0.6 is 0 Å². The number of rotatable bonds is 3. The molecular weight excluding hydrogens is 283 g/mol. The fraction of sp³-hybridized carbons (Fsp3) is 0.385. The Balaban J connectivity index is 2.13. The predicted octanol–water partition coefficient (Wildman–Crippen LogP) is 0.924. The number of carbonyl (C=O) groups excluding carboxylic acids is 2. The van der Waals surface area contributed by atoms with Crippen molar-refractivity contribution >= 4 is 19.1 Å². The predicted molar refractivity (Wildman–Crippen MR) is 70.5 cm³/mol. The highest BCUT2D eigenvalue weighted by atomic mass is 19.3. The third-order valence-corrected chi connectivity index (χ3v) is 2.90. The van der Waals surface area contributed by atoms with Crippen LogP contribution in [0.3, 0.4) is 0 Å². The van der Waals surface area contributed by atoms with Crippen LogP contribution in [-0.4, -0.2) is 49.9 Å². The van der Waals surface area contributed by atoms with Crippen LogP contribution in [0.15, 0.2) is 30.3 Å². The van der Waals surface area contributed by atoms with Crippen LogP contribution in [-0.2, 0) is 25.3 Å². The molecule has 1 saturated heterocycles. The van der Waals surface area contributed by atoms with Gasteiger partial charge in [-0.15, -0.1) is 0 Å². The van der Waals surface area contributed by atoms with Crippen molar-refractivity contribution in [1.29, 1.82) is 0 Å². The van der Waals surface area contributed by atoms with Crippen LogP contribution in [0.1, 0.15) is 5.56 Å². The molecule has 0 atom stereocenters. The lowest BCUT2D eigenvalue weighted by molar-refractivity contribution is -0.149. The molecule has 0 aliphatic carbocycles. The second-order valence-electron chi connectivity index (χ2n) is 4.91. The molecule has 0 bridgehead atoms. The molecule has 0 unspecified atom stereocenters. The first kappa shape index (κ1) is 15.4. The largest absolute Gasteiger partial charge is 0.674 e. The van der Waals surface area contributed by atoms with Crippen molar-refractivity contribution in [3.05, 3.63) is 35.9 Å². The van der Waals surface area contributed by atoms with Gasteiger partial charge in [-0.25, -0.2) is 8.78 Å². The maximum Gasteiger partial charge on any atom is 0.674 e. The second-order valence-corrected chi connectivity index (χ2v) is 4.91. The number of carbonyl (C=O) groups is 2. The fourth-order valence-corrected chi connectivity index (χ4v) is 1.96. The van der Waals surface area contributed by atoms with Gasteiger partial charge in [-0.3, -0.25) is 14.5 Å². The summed E-state index contributed by atoms with van der Waals surface area (Å²) in [6, 6.07) is 7.99. The Morgan fingerprint density at radius 3 is 2.19 bits per heavy atom. The highest BCUT2D eigenvalue weighted by Gasteiger charge is 2.54. The Morgan fingerprint density at radius 2 is 1.67 bits per heavy atom. The molecule has 1 fully saturated rings. The van der Waals surface area contributed by atoms with Crippen molar-refractivity contribution in [2.45, 2.75) is 12.2 Å². The summed E-state index contributed by atoms with van der Waals surface area (Å²) in [7, 11) is -0.711. The molecule has 112 valence electrons. The van der Waals surface area contributed by atoms with Crippen molar-refractivity contribution in [1.82, 2.24) is 4.90 Å². The monoisotopic (exact) mass is 297 g/mol. The summed E-state index contributed by atoms with van der Waals surface area (Å²) in [5, 5.41) is 0. The van der Waals surface area contributed by atoms with E-state index in [1.807, 2.05) is 0 Å². The lowest BCUT2D eigenvalue weighted by atomic mass is 9.75. The zero-order chi connectivity index (χ0) is 15.5. The lowest BCUT2D eigenvalue weighted by Crippen LogP contribution is -2.52. The first-order valence-electron chi connectivity index (χ1n) is 6.36. The van der Waals surface area contributed by atoms with Crippen molar-refractivity contribution in [3.63, 3.8) is 0 Å². The van der Waals surface area contributed by atoms with Gasteiger partial charge < -0.3 is 9.31 Å². The third-order valence-electron chi connectivity index (χ3n) is 2.90. The van der Waals surface area contributed by atoms with Gasteiger partial charge >= 0.3 is 24.9 Å². The molecule has 5 nitrogen and oxygen atoms in total. The third kappa shape index (κ3) is 4.25. The molecule has 2 rings (SSSR count). The van der Waals surface area contributed by atoms with Crippen molar-refractivity contribution in [2.24, 2.45) is 0 Å². The summed E-state index contributed by atoms with van der Waals surface area (Å²) in [5.41, 5.74) is 0.355. The molecule has 8 heteroatoms. The molecule has 0 spiro atoms. The molecule has 0 radical (unpaired) electrons. The van der Waals surface area contributed by atoms with Gasteiger partial charge in [0.15, 0.2) is 0 Å². The van der Waals surface area contributed by atoms with Crippen LogP contribution in [0.25, 0.3) is 0 Å². The summed E-state index contributed by atoms with van der Waals surface area (Å²) in [6.07, 6.45) is -0.686. The quantitative estimate of drug-likeness (QED) is 0.777.